The lowest BCUT2D eigenvalue weighted by atomic mass is 10.1. The van der Waals surface area contributed by atoms with Crippen LogP contribution in [0.15, 0.2) is 24.3 Å². The SMILES string of the molecule is CC(CN)CCN(C)Cc1cccc(F)c1. The molecule has 0 spiro atoms. The molecule has 0 fully saturated rings. The van der Waals surface area contributed by atoms with Crippen LogP contribution in [0.3, 0.4) is 0 Å². The second-order valence-electron chi connectivity index (χ2n) is 4.50. The second-order valence-corrected chi connectivity index (χ2v) is 4.50. The third kappa shape index (κ3) is 4.73. The number of hydrogen-bond acceptors (Lipinski definition) is 2. The molecule has 0 heterocycles. The average molecular weight is 224 g/mol. The van der Waals surface area contributed by atoms with Crippen LogP contribution >= 0.6 is 0 Å². The largest absolute Gasteiger partial charge is 0.330 e. The summed E-state index contributed by atoms with van der Waals surface area (Å²) in [7, 11) is 2.05. The van der Waals surface area contributed by atoms with Gasteiger partial charge in [0, 0.05) is 6.54 Å². The van der Waals surface area contributed by atoms with Crippen molar-refractivity contribution < 1.29 is 4.39 Å². The van der Waals surface area contributed by atoms with Gasteiger partial charge in [-0.05, 0) is 50.2 Å². The summed E-state index contributed by atoms with van der Waals surface area (Å²) in [5, 5.41) is 0. The molecule has 0 saturated carbocycles. The molecule has 2 nitrogen and oxygen atoms in total. The molecule has 1 aromatic carbocycles. The second kappa shape index (κ2) is 6.61. The predicted octanol–water partition coefficient (Wildman–Crippen LogP) is 2.24. The summed E-state index contributed by atoms with van der Waals surface area (Å²) in [6.45, 7) is 4.66. The fourth-order valence-electron chi connectivity index (χ4n) is 1.58. The van der Waals surface area contributed by atoms with Crippen molar-refractivity contribution in [2.24, 2.45) is 11.7 Å². The van der Waals surface area contributed by atoms with Gasteiger partial charge in [0.05, 0.1) is 0 Å². The lowest BCUT2D eigenvalue weighted by Crippen LogP contribution is -2.23. The Balaban J connectivity index is 2.36. The lowest BCUT2D eigenvalue weighted by molar-refractivity contribution is 0.299. The van der Waals surface area contributed by atoms with Crippen molar-refractivity contribution in [2.45, 2.75) is 19.9 Å². The Kier molecular flexibility index (Phi) is 5.43. The lowest BCUT2D eigenvalue weighted by Gasteiger charge is -2.18. The zero-order valence-electron chi connectivity index (χ0n) is 10.1. The summed E-state index contributed by atoms with van der Waals surface area (Å²) >= 11 is 0. The summed E-state index contributed by atoms with van der Waals surface area (Å²) in [4.78, 5) is 2.20. The fraction of sp³-hybridized carbons (Fsp3) is 0.538. The number of nitrogens with zero attached hydrogens (tertiary/aromatic N) is 1. The van der Waals surface area contributed by atoms with Gasteiger partial charge < -0.3 is 10.6 Å². The third-order valence-corrected chi connectivity index (χ3v) is 2.75. The topological polar surface area (TPSA) is 29.3 Å². The molecule has 0 saturated heterocycles. The molecule has 0 aliphatic rings. The molecule has 1 aromatic rings. The van der Waals surface area contributed by atoms with Crippen LogP contribution in [-0.4, -0.2) is 25.0 Å². The molecule has 0 aliphatic carbocycles. The highest BCUT2D eigenvalue weighted by molar-refractivity contribution is 5.15. The van der Waals surface area contributed by atoms with Crippen LogP contribution in [-0.2, 0) is 6.54 Å². The van der Waals surface area contributed by atoms with Gasteiger partial charge in [-0.2, -0.15) is 0 Å². The van der Waals surface area contributed by atoms with Gasteiger partial charge in [0.25, 0.3) is 0 Å². The van der Waals surface area contributed by atoms with Crippen LogP contribution in [0.2, 0.25) is 0 Å². The maximum Gasteiger partial charge on any atom is 0.123 e. The summed E-state index contributed by atoms with van der Waals surface area (Å²) in [5.74, 6) is 0.385. The van der Waals surface area contributed by atoms with E-state index < -0.39 is 0 Å². The molecule has 0 radical (unpaired) electrons. The van der Waals surface area contributed by atoms with Gasteiger partial charge in [-0.25, -0.2) is 4.39 Å². The number of rotatable bonds is 6. The smallest absolute Gasteiger partial charge is 0.123 e. The van der Waals surface area contributed by atoms with E-state index in [4.69, 9.17) is 5.73 Å². The van der Waals surface area contributed by atoms with Crippen LogP contribution in [0, 0.1) is 11.7 Å². The number of nitrogens with two attached hydrogens (primary N) is 1. The molecular formula is C13H21FN2. The molecule has 0 bridgehead atoms. The van der Waals surface area contributed by atoms with Crippen LogP contribution in [0.1, 0.15) is 18.9 Å². The molecular weight excluding hydrogens is 203 g/mol. The first-order valence-electron chi connectivity index (χ1n) is 5.75. The number of halogens is 1. The first-order chi connectivity index (χ1) is 7.61. The molecule has 16 heavy (non-hydrogen) atoms. The summed E-state index contributed by atoms with van der Waals surface area (Å²) < 4.78 is 13.0. The average Bonchev–Trinajstić information content (AvgIpc) is 2.26. The van der Waals surface area contributed by atoms with Crippen molar-refractivity contribution in [2.75, 3.05) is 20.1 Å². The Hall–Kier alpha value is -0.930. The summed E-state index contributed by atoms with van der Waals surface area (Å²) in [6, 6.07) is 6.76. The first kappa shape index (κ1) is 13.1. The fourth-order valence-corrected chi connectivity index (χ4v) is 1.58. The Labute approximate surface area is 97.3 Å². The van der Waals surface area contributed by atoms with E-state index in [0.29, 0.717) is 5.92 Å². The van der Waals surface area contributed by atoms with Crippen molar-refractivity contribution in [3.63, 3.8) is 0 Å². The first-order valence-corrected chi connectivity index (χ1v) is 5.75. The van der Waals surface area contributed by atoms with Crippen LogP contribution < -0.4 is 5.73 Å². The predicted molar refractivity (Wildman–Crippen MR) is 65.6 cm³/mol. The Bertz CT molecular complexity index is 315. The van der Waals surface area contributed by atoms with Crippen LogP contribution in [0.25, 0.3) is 0 Å². The minimum absolute atomic E-state index is 0.166. The minimum Gasteiger partial charge on any atom is -0.330 e. The standard InChI is InChI=1S/C13H21FN2/c1-11(9-15)6-7-16(2)10-12-4-3-5-13(14)8-12/h3-5,8,11H,6-7,9-10,15H2,1-2H3. The summed E-state index contributed by atoms with van der Waals surface area (Å²) in [5.41, 5.74) is 6.58. The zero-order chi connectivity index (χ0) is 12.0. The highest BCUT2D eigenvalue weighted by Crippen LogP contribution is 2.08. The van der Waals surface area contributed by atoms with Gasteiger partial charge in [-0.15, -0.1) is 0 Å². The number of benzene rings is 1. The Morgan fingerprint density at radius 2 is 2.19 bits per heavy atom. The molecule has 1 rings (SSSR count). The molecule has 1 atom stereocenters. The van der Waals surface area contributed by atoms with E-state index in [1.807, 2.05) is 13.1 Å². The van der Waals surface area contributed by atoms with Gasteiger partial charge in [0.2, 0.25) is 0 Å². The molecule has 0 aliphatic heterocycles. The van der Waals surface area contributed by atoms with Gasteiger partial charge in [0.1, 0.15) is 5.82 Å². The highest BCUT2D eigenvalue weighted by atomic mass is 19.1. The van der Waals surface area contributed by atoms with Crippen LogP contribution in [0.5, 0.6) is 0 Å². The van der Waals surface area contributed by atoms with Crippen molar-refractivity contribution in [3.8, 4) is 0 Å². The maximum absolute atomic E-state index is 13.0. The molecule has 2 N–H and O–H groups in total. The van der Waals surface area contributed by atoms with Gasteiger partial charge in [0.15, 0.2) is 0 Å². The summed E-state index contributed by atoms with van der Waals surface area (Å²) in [6.07, 6.45) is 1.09. The van der Waals surface area contributed by atoms with E-state index in [0.717, 1.165) is 31.6 Å². The molecule has 3 heteroatoms. The Morgan fingerprint density at radius 3 is 2.81 bits per heavy atom. The van der Waals surface area contributed by atoms with E-state index in [-0.39, 0.29) is 5.82 Å². The minimum atomic E-state index is -0.166. The van der Waals surface area contributed by atoms with Crippen molar-refractivity contribution in [3.05, 3.63) is 35.6 Å². The molecule has 0 amide bonds. The van der Waals surface area contributed by atoms with Gasteiger partial charge >= 0.3 is 0 Å². The van der Waals surface area contributed by atoms with Crippen molar-refractivity contribution in [1.29, 1.82) is 0 Å². The van der Waals surface area contributed by atoms with Gasteiger partial charge in [-0.3, -0.25) is 0 Å². The molecule has 90 valence electrons. The number of hydrogen-bond donors (Lipinski definition) is 1. The van der Waals surface area contributed by atoms with E-state index in [2.05, 4.69) is 11.8 Å². The Morgan fingerprint density at radius 1 is 1.44 bits per heavy atom. The van der Waals surface area contributed by atoms with Gasteiger partial charge in [-0.1, -0.05) is 19.1 Å². The van der Waals surface area contributed by atoms with E-state index >= 15 is 0 Å². The van der Waals surface area contributed by atoms with E-state index in [1.54, 1.807) is 12.1 Å². The zero-order valence-corrected chi connectivity index (χ0v) is 10.1. The van der Waals surface area contributed by atoms with E-state index in [1.165, 1.54) is 6.07 Å². The normalized spacial score (nSPS) is 13.1. The highest BCUT2D eigenvalue weighted by Gasteiger charge is 2.04. The van der Waals surface area contributed by atoms with Crippen molar-refractivity contribution >= 4 is 0 Å². The maximum atomic E-state index is 13.0. The molecule has 1 unspecified atom stereocenters. The third-order valence-electron chi connectivity index (χ3n) is 2.75. The molecule has 0 aromatic heterocycles. The monoisotopic (exact) mass is 224 g/mol. The van der Waals surface area contributed by atoms with Crippen molar-refractivity contribution in [1.82, 2.24) is 4.90 Å². The van der Waals surface area contributed by atoms with E-state index in [9.17, 15) is 4.39 Å². The van der Waals surface area contributed by atoms with Crippen LogP contribution in [0.4, 0.5) is 4.39 Å². The quantitative estimate of drug-likeness (QED) is 0.803.